The predicted octanol–water partition coefficient (Wildman–Crippen LogP) is 7.15. The van der Waals surface area contributed by atoms with Crippen LogP contribution in [0, 0.1) is 17.6 Å². The lowest BCUT2D eigenvalue weighted by atomic mass is 9.93. The van der Waals surface area contributed by atoms with Gasteiger partial charge in [0.25, 0.3) is 5.91 Å². The molecule has 3 aromatic carbocycles. The average Bonchev–Trinajstić information content (AvgIpc) is 3.75. The summed E-state index contributed by atoms with van der Waals surface area (Å²) in [7, 11) is 1.24. The number of H-pyrrole nitrogens is 2. The van der Waals surface area contributed by atoms with Crippen LogP contribution in [-0.4, -0.2) is 86.8 Å². The molecule has 16 heteroatoms. The molecule has 4 aliphatic rings. The number of benzene rings is 3. The Bertz CT molecular complexity index is 2430. The minimum Gasteiger partial charge on any atom is -0.453 e. The third kappa shape index (κ3) is 8.75. The molecule has 1 aliphatic carbocycles. The molecule has 14 nitrogen and oxygen atoms in total. The first kappa shape index (κ1) is 41.8. The molecular formula is C47H51F2N9O5. The number of likely N-dealkylation sites (tertiary alicyclic amines) is 2. The van der Waals surface area contributed by atoms with Gasteiger partial charge in [0.2, 0.25) is 11.8 Å². The van der Waals surface area contributed by atoms with E-state index in [1.54, 1.807) is 34.1 Å². The molecule has 4 fully saturated rings. The maximum atomic E-state index is 15.9. The van der Waals surface area contributed by atoms with Crippen LogP contribution < -0.4 is 15.5 Å². The lowest BCUT2D eigenvalue weighted by Gasteiger charge is -2.33. The first-order valence-electron chi connectivity index (χ1n) is 21.9. The average molecular weight is 860 g/mol. The smallest absolute Gasteiger partial charge is 0.407 e. The molecule has 3 aliphatic heterocycles. The van der Waals surface area contributed by atoms with Gasteiger partial charge in [0.15, 0.2) is 0 Å². The summed E-state index contributed by atoms with van der Waals surface area (Å²) < 4.78 is 36.7. The first-order chi connectivity index (χ1) is 30.7. The molecule has 4 atom stereocenters. The number of amides is 4. The van der Waals surface area contributed by atoms with E-state index in [9.17, 15) is 19.2 Å². The number of hydrogen-bond acceptors (Lipinski definition) is 8. The Hall–Kier alpha value is -6.58. The Morgan fingerprint density at radius 3 is 1.79 bits per heavy atom. The number of methoxy groups -OCH3 is 1. The molecule has 0 unspecified atom stereocenters. The van der Waals surface area contributed by atoms with Gasteiger partial charge in [-0.3, -0.25) is 14.4 Å². The highest BCUT2D eigenvalue weighted by Gasteiger charge is 2.40. The van der Waals surface area contributed by atoms with Crippen LogP contribution in [0.3, 0.4) is 0 Å². The molecule has 4 N–H and O–H groups in total. The van der Waals surface area contributed by atoms with E-state index in [1.165, 1.54) is 25.4 Å². The van der Waals surface area contributed by atoms with Gasteiger partial charge in [0, 0.05) is 55.5 Å². The van der Waals surface area contributed by atoms with E-state index in [0.29, 0.717) is 74.8 Å². The van der Waals surface area contributed by atoms with Crippen LogP contribution in [0.25, 0.3) is 11.3 Å². The van der Waals surface area contributed by atoms with Crippen molar-refractivity contribution in [2.75, 3.05) is 38.2 Å². The highest BCUT2D eigenvalue weighted by Crippen LogP contribution is 2.39. The second-order valence-electron chi connectivity index (χ2n) is 16.9. The van der Waals surface area contributed by atoms with Gasteiger partial charge >= 0.3 is 6.09 Å². The molecule has 9 rings (SSSR count). The van der Waals surface area contributed by atoms with Gasteiger partial charge < -0.3 is 40.0 Å². The van der Waals surface area contributed by atoms with Crippen molar-refractivity contribution in [2.45, 2.75) is 81.5 Å². The highest BCUT2D eigenvalue weighted by atomic mass is 19.1. The van der Waals surface area contributed by atoms with Crippen LogP contribution in [0.5, 0.6) is 0 Å². The topological polar surface area (TPSA) is 169 Å². The summed E-state index contributed by atoms with van der Waals surface area (Å²) in [6, 6.07) is 18.5. The maximum absolute atomic E-state index is 15.9. The number of hydrogen-bond donors (Lipinski definition) is 4. The minimum atomic E-state index is -0.973. The van der Waals surface area contributed by atoms with E-state index in [-0.39, 0.29) is 46.9 Å². The fourth-order valence-electron chi connectivity index (χ4n) is 9.43. The standard InChI is InChI=1S/C47H51F2N9O5/c1-63-47(62)55-40(30-12-6-3-7-13-30)46(61)58-21-9-15-38(58)43-51-27-36(53-43)32-24-33(48)41(34(49)25-32)56-22-18-28(19-23-56)35-26-50-42(52-35)37-14-8-20-57(37)45(60)39(29-10-4-2-5-11-29)54-44(59)31-16-17-31/h2-7,10-13,24-28,31,37-40H,8-9,14-23H2,1H3,(H,50,52)(H,51,53)(H,54,59)(H,55,62)/t37-,38-,39+,40+/m0/s1. The summed E-state index contributed by atoms with van der Waals surface area (Å²) in [5.41, 5.74) is 2.90. The zero-order valence-corrected chi connectivity index (χ0v) is 35.1. The summed E-state index contributed by atoms with van der Waals surface area (Å²) in [5.74, 6) is -0.695. The molecule has 2 aromatic heterocycles. The first-order valence-corrected chi connectivity index (χ1v) is 21.9. The number of aromatic nitrogens is 4. The normalized spacial score (nSPS) is 20.1. The van der Waals surface area contributed by atoms with Crippen LogP contribution in [-0.2, 0) is 19.1 Å². The molecule has 63 heavy (non-hydrogen) atoms. The summed E-state index contributed by atoms with van der Waals surface area (Å²) in [6.45, 7) is 1.85. The number of anilines is 1. The van der Waals surface area contributed by atoms with E-state index < -0.39 is 35.9 Å². The lowest BCUT2D eigenvalue weighted by molar-refractivity contribution is -0.138. The number of imidazole rings is 2. The summed E-state index contributed by atoms with van der Waals surface area (Å²) in [5, 5.41) is 5.67. The van der Waals surface area contributed by atoms with Gasteiger partial charge in [0.05, 0.1) is 31.1 Å². The maximum Gasteiger partial charge on any atom is 0.407 e. The van der Waals surface area contributed by atoms with Crippen molar-refractivity contribution in [3.8, 4) is 11.3 Å². The molecule has 5 aromatic rings. The van der Waals surface area contributed by atoms with E-state index in [2.05, 4.69) is 25.6 Å². The van der Waals surface area contributed by atoms with Crippen LogP contribution in [0.4, 0.5) is 19.3 Å². The van der Waals surface area contributed by atoms with Gasteiger partial charge in [0.1, 0.15) is 41.1 Å². The van der Waals surface area contributed by atoms with Gasteiger partial charge in [-0.2, -0.15) is 0 Å². The highest BCUT2D eigenvalue weighted by molar-refractivity contribution is 5.90. The van der Waals surface area contributed by atoms with Gasteiger partial charge in [-0.1, -0.05) is 60.7 Å². The molecule has 3 saturated heterocycles. The van der Waals surface area contributed by atoms with Crippen molar-refractivity contribution in [3.05, 3.63) is 125 Å². The number of alkyl carbamates (subject to hydrolysis) is 1. The van der Waals surface area contributed by atoms with E-state index in [0.717, 1.165) is 36.9 Å². The molecule has 1 saturated carbocycles. The van der Waals surface area contributed by atoms with E-state index >= 15 is 8.78 Å². The number of aromatic amines is 2. The van der Waals surface area contributed by atoms with Crippen molar-refractivity contribution in [3.63, 3.8) is 0 Å². The number of carbonyl (C=O) groups excluding carboxylic acids is 4. The van der Waals surface area contributed by atoms with Crippen LogP contribution in [0.2, 0.25) is 0 Å². The third-order valence-electron chi connectivity index (χ3n) is 12.9. The van der Waals surface area contributed by atoms with Gasteiger partial charge in [-0.15, -0.1) is 0 Å². The third-order valence-corrected chi connectivity index (χ3v) is 12.9. The number of nitrogens with zero attached hydrogens (tertiary/aromatic N) is 5. The van der Waals surface area contributed by atoms with Crippen molar-refractivity contribution < 1.29 is 32.7 Å². The predicted molar refractivity (Wildman–Crippen MR) is 229 cm³/mol. The molecule has 0 radical (unpaired) electrons. The van der Waals surface area contributed by atoms with E-state index in [4.69, 9.17) is 9.72 Å². The zero-order valence-electron chi connectivity index (χ0n) is 35.1. The summed E-state index contributed by atoms with van der Waals surface area (Å²) in [4.78, 5) is 74.3. The molecule has 4 amide bonds. The number of nitrogens with one attached hydrogen (secondary N) is 4. The molecular weight excluding hydrogens is 809 g/mol. The Morgan fingerprint density at radius 1 is 0.698 bits per heavy atom. The summed E-state index contributed by atoms with van der Waals surface area (Å²) >= 11 is 0. The minimum absolute atomic E-state index is 0.0318. The number of rotatable bonds is 12. The van der Waals surface area contributed by atoms with E-state index in [1.807, 2.05) is 47.5 Å². The van der Waals surface area contributed by atoms with Crippen LogP contribution in [0.15, 0.2) is 85.2 Å². The number of halogens is 2. The fourth-order valence-corrected chi connectivity index (χ4v) is 9.43. The Balaban J connectivity index is 0.842. The summed E-state index contributed by atoms with van der Waals surface area (Å²) in [6.07, 6.45) is 8.45. The van der Waals surface area contributed by atoms with Crippen molar-refractivity contribution >= 4 is 29.5 Å². The molecule has 0 spiro atoms. The SMILES string of the molecule is COC(=O)N[C@@H](C(=O)N1CCC[C@H]1c1ncc(-c2cc(F)c(N3CCC(c4cnc([C@@H]5CCCN5C(=O)[C@H](NC(=O)C5CC5)c5ccccc5)[nH]4)CC3)c(F)c2)[nH]1)c1ccccc1. The molecule has 0 bridgehead atoms. The van der Waals surface area contributed by atoms with Gasteiger partial charge in [-0.25, -0.2) is 23.5 Å². The Labute approximate surface area is 363 Å². The largest absolute Gasteiger partial charge is 0.453 e. The molecule has 5 heterocycles. The second kappa shape index (κ2) is 18.0. The second-order valence-corrected chi connectivity index (χ2v) is 16.9. The molecule has 328 valence electrons. The number of carbonyl (C=O) groups is 4. The number of piperidine rings is 1. The van der Waals surface area contributed by atoms with Crippen LogP contribution in [0.1, 0.15) is 110 Å². The number of ether oxygens (including phenoxy) is 1. The van der Waals surface area contributed by atoms with Crippen molar-refractivity contribution in [2.24, 2.45) is 5.92 Å². The zero-order chi connectivity index (χ0) is 43.6. The Morgan fingerprint density at radius 2 is 1.24 bits per heavy atom. The fraction of sp³-hybridized carbons (Fsp3) is 0.404. The van der Waals surface area contributed by atoms with Gasteiger partial charge in [-0.05, 0) is 74.6 Å². The Kier molecular flexibility index (Phi) is 11.9. The lowest BCUT2D eigenvalue weighted by Crippen LogP contribution is -2.43. The van der Waals surface area contributed by atoms with Crippen molar-refractivity contribution in [1.29, 1.82) is 0 Å². The monoisotopic (exact) mass is 859 g/mol. The van der Waals surface area contributed by atoms with Crippen molar-refractivity contribution in [1.82, 2.24) is 40.4 Å². The van der Waals surface area contributed by atoms with Crippen LogP contribution >= 0.6 is 0 Å². The quantitative estimate of drug-likeness (QED) is 0.103.